The van der Waals surface area contributed by atoms with Crippen molar-refractivity contribution in [2.75, 3.05) is 11.9 Å². The molecule has 6 nitrogen and oxygen atoms in total. The molecule has 0 aliphatic heterocycles. The number of anilines is 1. The average molecular weight is 268 g/mol. The zero-order valence-corrected chi connectivity index (χ0v) is 11.2. The number of hydrogen-bond acceptors (Lipinski definition) is 5. The van der Waals surface area contributed by atoms with Crippen molar-refractivity contribution in [1.82, 2.24) is 19.9 Å². The number of nitrogens with two attached hydrogens (primary N) is 1. The third kappa shape index (κ3) is 2.46. The van der Waals surface area contributed by atoms with E-state index in [0.29, 0.717) is 12.4 Å². The second-order valence-corrected chi connectivity index (χ2v) is 4.65. The predicted octanol–water partition coefficient (Wildman–Crippen LogP) is 1.45. The largest absolute Gasteiger partial charge is 0.355 e. The third-order valence-electron chi connectivity index (χ3n) is 3.17. The van der Waals surface area contributed by atoms with Crippen LogP contribution in [0.15, 0.2) is 36.8 Å². The maximum Gasteiger partial charge on any atom is 0.144 e. The number of aromatic amines is 1. The lowest BCUT2D eigenvalue weighted by molar-refractivity contribution is 0.849. The molecule has 2 heterocycles. The van der Waals surface area contributed by atoms with Gasteiger partial charge >= 0.3 is 0 Å². The van der Waals surface area contributed by atoms with Gasteiger partial charge in [0.15, 0.2) is 0 Å². The van der Waals surface area contributed by atoms with Gasteiger partial charge in [0.05, 0.1) is 23.9 Å². The number of imidazole rings is 1. The van der Waals surface area contributed by atoms with Crippen LogP contribution < -0.4 is 10.6 Å². The van der Waals surface area contributed by atoms with E-state index in [2.05, 4.69) is 37.0 Å². The highest BCUT2D eigenvalue weighted by atomic mass is 15.2. The number of fused-ring (bicyclic) bond motifs is 1. The van der Waals surface area contributed by atoms with E-state index in [9.17, 15) is 0 Å². The number of hydrogen-bond donors (Lipinski definition) is 2. The molecule has 102 valence electrons. The van der Waals surface area contributed by atoms with E-state index < -0.39 is 0 Å². The van der Waals surface area contributed by atoms with Crippen LogP contribution in [0.25, 0.3) is 11.0 Å². The lowest BCUT2D eigenvalue weighted by atomic mass is 10.2. The van der Waals surface area contributed by atoms with Gasteiger partial charge in [-0.3, -0.25) is 0 Å². The van der Waals surface area contributed by atoms with E-state index in [4.69, 9.17) is 5.73 Å². The minimum absolute atomic E-state index is 0.349. The molecule has 0 saturated heterocycles. The maximum absolute atomic E-state index is 5.57. The van der Waals surface area contributed by atoms with Gasteiger partial charge in [-0.2, -0.15) is 0 Å². The highest BCUT2D eigenvalue weighted by Gasteiger charge is 2.06. The van der Waals surface area contributed by atoms with Crippen LogP contribution in [-0.4, -0.2) is 27.0 Å². The van der Waals surface area contributed by atoms with Gasteiger partial charge in [-0.05, 0) is 23.8 Å². The van der Waals surface area contributed by atoms with E-state index in [1.165, 1.54) is 5.56 Å². The first-order chi connectivity index (χ1) is 9.76. The second-order valence-electron chi connectivity index (χ2n) is 4.65. The molecule has 0 bridgehead atoms. The molecular formula is C14H16N6. The molecule has 0 amide bonds. The van der Waals surface area contributed by atoms with Crippen LogP contribution >= 0.6 is 0 Å². The Kier molecular flexibility index (Phi) is 3.30. The Morgan fingerprint density at radius 1 is 1.25 bits per heavy atom. The minimum atomic E-state index is 0.349. The fourth-order valence-electron chi connectivity index (χ4n) is 2.14. The van der Waals surface area contributed by atoms with Crippen molar-refractivity contribution in [2.24, 2.45) is 5.73 Å². The topological polar surface area (TPSA) is 83.7 Å². The Bertz CT molecular complexity index is 720. The van der Waals surface area contributed by atoms with Crippen LogP contribution in [0.3, 0.4) is 0 Å². The van der Waals surface area contributed by atoms with Gasteiger partial charge in [0.2, 0.25) is 0 Å². The summed E-state index contributed by atoms with van der Waals surface area (Å²) in [5, 5.41) is 0. The zero-order valence-electron chi connectivity index (χ0n) is 11.2. The summed E-state index contributed by atoms with van der Waals surface area (Å²) in [6.07, 6.45) is 3.44. The number of nitrogens with zero attached hydrogens (tertiary/aromatic N) is 4. The van der Waals surface area contributed by atoms with Crippen LogP contribution in [0.2, 0.25) is 0 Å². The maximum atomic E-state index is 5.57. The molecular weight excluding hydrogens is 252 g/mol. The summed E-state index contributed by atoms with van der Waals surface area (Å²) in [7, 11) is 2.00. The van der Waals surface area contributed by atoms with E-state index in [0.717, 1.165) is 23.4 Å². The van der Waals surface area contributed by atoms with Crippen LogP contribution in [0.1, 0.15) is 11.4 Å². The molecule has 0 saturated carbocycles. The monoisotopic (exact) mass is 268 g/mol. The first-order valence-corrected chi connectivity index (χ1v) is 6.41. The molecule has 2 aromatic heterocycles. The van der Waals surface area contributed by atoms with E-state index in [1.807, 2.05) is 19.2 Å². The molecule has 1 aromatic carbocycles. The Labute approximate surface area is 116 Å². The van der Waals surface area contributed by atoms with Crippen LogP contribution in [0.4, 0.5) is 5.82 Å². The van der Waals surface area contributed by atoms with Gasteiger partial charge in [-0.15, -0.1) is 0 Å². The zero-order chi connectivity index (χ0) is 13.9. The predicted molar refractivity (Wildman–Crippen MR) is 78.1 cm³/mol. The van der Waals surface area contributed by atoms with E-state index in [1.54, 1.807) is 12.5 Å². The third-order valence-corrected chi connectivity index (χ3v) is 3.17. The molecule has 0 spiro atoms. The van der Waals surface area contributed by atoms with Crippen LogP contribution in [-0.2, 0) is 13.1 Å². The van der Waals surface area contributed by atoms with E-state index in [-0.39, 0.29) is 0 Å². The van der Waals surface area contributed by atoms with Gasteiger partial charge < -0.3 is 15.6 Å². The highest BCUT2D eigenvalue weighted by Crippen LogP contribution is 2.16. The summed E-state index contributed by atoms with van der Waals surface area (Å²) in [5.41, 5.74) is 8.78. The van der Waals surface area contributed by atoms with Crippen molar-refractivity contribution in [1.29, 1.82) is 0 Å². The standard InChI is InChI=1S/C14H16N6/c1-20(14-4-5-16-13(7-15)19-14)8-10-2-3-11-12(6-10)18-9-17-11/h2-6,9H,7-8,15H2,1H3,(H,17,18). The molecule has 20 heavy (non-hydrogen) atoms. The summed E-state index contributed by atoms with van der Waals surface area (Å²) in [4.78, 5) is 17.9. The molecule has 0 radical (unpaired) electrons. The van der Waals surface area contributed by atoms with Gasteiger partial charge in [-0.25, -0.2) is 15.0 Å². The lowest BCUT2D eigenvalue weighted by Crippen LogP contribution is -2.19. The molecule has 0 aliphatic carbocycles. The highest BCUT2D eigenvalue weighted by molar-refractivity contribution is 5.75. The summed E-state index contributed by atoms with van der Waals surface area (Å²) in [6, 6.07) is 8.07. The molecule has 3 N–H and O–H groups in total. The Morgan fingerprint density at radius 3 is 3.00 bits per heavy atom. The molecule has 0 aliphatic rings. The Hall–Kier alpha value is -2.47. The van der Waals surface area contributed by atoms with Crippen molar-refractivity contribution in [3.63, 3.8) is 0 Å². The quantitative estimate of drug-likeness (QED) is 0.748. The van der Waals surface area contributed by atoms with Crippen molar-refractivity contribution in [3.8, 4) is 0 Å². The summed E-state index contributed by atoms with van der Waals surface area (Å²) in [5.74, 6) is 1.52. The molecule has 0 unspecified atom stereocenters. The van der Waals surface area contributed by atoms with Crippen molar-refractivity contribution < 1.29 is 0 Å². The number of benzene rings is 1. The first-order valence-electron chi connectivity index (χ1n) is 6.41. The fraction of sp³-hybridized carbons (Fsp3) is 0.214. The van der Waals surface area contributed by atoms with Crippen LogP contribution in [0, 0.1) is 0 Å². The Morgan fingerprint density at radius 2 is 2.15 bits per heavy atom. The fourth-order valence-corrected chi connectivity index (χ4v) is 2.14. The van der Waals surface area contributed by atoms with Crippen LogP contribution in [0.5, 0.6) is 0 Å². The second kappa shape index (κ2) is 5.26. The first kappa shape index (κ1) is 12.6. The summed E-state index contributed by atoms with van der Waals surface area (Å²) < 4.78 is 0. The minimum Gasteiger partial charge on any atom is -0.355 e. The molecule has 3 aromatic rings. The summed E-state index contributed by atoms with van der Waals surface area (Å²) >= 11 is 0. The lowest BCUT2D eigenvalue weighted by Gasteiger charge is -2.18. The van der Waals surface area contributed by atoms with E-state index >= 15 is 0 Å². The average Bonchev–Trinajstić information content (AvgIpc) is 2.95. The number of nitrogens with one attached hydrogen (secondary N) is 1. The summed E-state index contributed by atoms with van der Waals surface area (Å²) in [6.45, 7) is 1.11. The molecule has 3 rings (SSSR count). The molecule has 0 fully saturated rings. The van der Waals surface area contributed by atoms with Gasteiger partial charge in [0.25, 0.3) is 0 Å². The smallest absolute Gasteiger partial charge is 0.144 e. The van der Waals surface area contributed by atoms with Crippen molar-refractivity contribution in [2.45, 2.75) is 13.1 Å². The van der Waals surface area contributed by atoms with Gasteiger partial charge in [0.1, 0.15) is 11.6 Å². The van der Waals surface area contributed by atoms with Crippen molar-refractivity contribution >= 4 is 16.9 Å². The normalized spacial score (nSPS) is 10.9. The van der Waals surface area contributed by atoms with Gasteiger partial charge in [0, 0.05) is 19.8 Å². The molecule has 0 atom stereocenters. The van der Waals surface area contributed by atoms with Gasteiger partial charge in [-0.1, -0.05) is 6.07 Å². The number of rotatable bonds is 4. The SMILES string of the molecule is CN(Cc1ccc2nc[nH]c2c1)c1ccnc(CN)n1. The number of H-pyrrole nitrogens is 1. The number of aromatic nitrogens is 4. The van der Waals surface area contributed by atoms with Crippen molar-refractivity contribution in [3.05, 3.63) is 48.2 Å². The Balaban J connectivity index is 1.81. The molecule has 6 heteroatoms.